The van der Waals surface area contributed by atoms with Gasteiger partial charge in [-0.1, -0.05) is 0 Å². The highest BCUT2D eigenvalue weighted by Crippen LogP contribution is 2.44. The molecule has 2 aromatic carbocycles. The normalized spacial score (nSPS) is 12.0. The predicted octanol–water partition coefficient (Wildman–Crippen LogP) is 2.80. The van der Waals surface area contributed by atoms with Gasteiger partial charge in [0, 0.05) is 17.1 Å². The number of nitrogens with one attached hydrogen (secondary N) is 2. The highest BCUT2D eigenvalue weighted by atomic mass is 16.7. The molecule has 0 saturated carbocycles. The van der Waals surface area contributed by atoms with Crippen molar-refractivity contribution in [2.24, 2.45) is 0 Å². The van der Waals surface area contributed by atoms with Gasteiger partial charge < -0.3 is 39.9 Å². The molecule has 0 spiro atoms. The second-order valence-corrected chi connectivity index (χ2v) is 6.49. The summed E-state index contributed by atoms with van der Waals surface area (Å²) >= 11 is 0. The van der Waals surface area contributed by atoms with Crippen molar-refractivity contribution in [2.75, 3.05) is 6.79 Å². The lowest BCUT2D eigenvalue weighted by molar-refractivity contribution is -0.136. The molecule has 5 rings (SSSR count). The van der Waals surface area contributed by atoms with Crippen molar-refractivity contribution < 1.29 is 39.5 Å². The minimum atomic E-state index is -1.11. The van der Waals surface area contributed by atoms with E-state index in [-0.39, 0.29) is 41.9 Å². The van der Waals surface area contributed by atoms with Crippen molar-refractivity contribution in [1.29, 1.82) is 0 Å². The molecular formula is C20H16N2O8. The molecule has 0 amide bonds. The summed E-state index contributed by atoms with van der Waals surface area (Å²) in [5, 5.41) is 37.6. The van der Waals surface area contributed by atoms with Crippen LogP contribution in [0.1, 0.15) is 16.1 Å². The summed E-state index contributed by atoms with van der Waals surface area (Å²) in [5.41, 5.74) is 2.03. The van der Waals surface area contributed by atoms with Gasteiger partial charge in [-0.25, -0.2) is 4.79 Å². The molecule has 1 aliphatic rings. The number of hydrogen-bond acceptors (Lipinski definition) is 6. The molecule has 10 nitrogen and oxygen atoms in total. The first-order chi connectivity index (χ1) is 14.3. The topological polar surface area (TPSA) is 165 Å². The lowest BCUT2D eigenvalue weighted by Crippen LogP contribution is -2.12. The monoisotopic (exact) mass is 412 g/mol. The Hall–Kier alpha value is -4.34. The number of hydrogen-bond donors (Lipinski definition) is 6. The highest BCUT2D eigenvalue weighted by Gasteiger charge is 2.26. The number of H-pyrrole nitrogens is 2. The quantitative estimate of drug-likeness (QED) is 0.299. The van der Waals surface area contributed by atoms with E-state index in [1.165, 1.54) is 6.07 Å². The molecule has 3 heterocycles. The van der Waals surface area contributed by atoms with Crippen LogP contribution in [0.25, 0.3) is 21.8 Å². The molecule has 1 aliphatic heterocycles. The van der Waals surface area contributed by atoms with E-state index in [0.717, 1.165) is 10.9 Å². The smallest absolute Gasteiger partial charge is 0.356 e. The molecule has 0 radical (unpaired) electrons. The molecule has 30 heavy (non-hydrogen) atoms. The van der Waals surface area contributed by atoms with Crippen LogP contribution in [0.3, 0.4) is 0 Å². The average molecular weight is 412 g/mol. The van der Waals surface area contributed by atoms with E-state index >= 15 is 0 Å². The third kappa shape index (κ3) is 3.30. The van der Waals surface area contributed by atoms with Gasteiger partial charge in [0.1, 0.15) is 5.75 Å². The number of ether oxygens (including phenoxy) is 2. The molecule has 10 heteroatoms. The summed E-state index contributed by atoms with van der Waals surface area (Å²) in [6, 6.07) is 7.85. The Morgan fingerprint density at radius 1 is 1.00 bits per heavy atom. The van der Waals surface area contributed by atoms with Gasteiger partial charge in [0.15, 0.2) is 22.9 Å². The van der Waals surface area contributed by atoms with Crippen molar-refractivity contribution in [3.63, 3.8) is 0 Å². The summed E-state index contributed by atoms with van der Waals surface area (Å²) in [4.78, 5) is 27.1. The summed E-state index contributed by atoms with van der Waals surface area (Å²) < 4.78 is 10.3. The van der Waals surface area contributed by atoms with Crippen LogP contribution in [0.2, 0.25) is 0 Å². The maximum atomic E-state index is 11.0. The molecule has 0 bridgehead atoms. The molecule has 154 valence electrons. The predicted molar refractivity (Wildman–Crippen MR) is 104 cm³/mol. The number of aromatic hydroxyl groups is 2. The van der Waals surface area contributed by atoms with E-state index < -0.39 is 11.9 Å². The molecule has 0 saturated heterocycles. The number of fused-ring (bicyclic) bond motifs is 1. The maximum Gasteiger partial charge on any atom is 0.356 e. The van der Waals surface area contributed by atoms with Gasteiger partial charge in [-0.2, -0.15) is 0 Å². The summed E-state index contributed by atoms with van der Waals surface area (Å²) in [6.45, 7) is -0.113. The fourth-order valence-corrected chi connectivity index (χ4v) is 3.28. The summed E-state index contributed by atoms with van der Waals surface area (Å²) in [7, 11) is 0. The zero-order valence-electron chi connectivity index (χ0n) is 15.3. The first-order valence-electron chi connectivity index (χ1n) is 8.72. The summed E-state index contributed by atoms with van der Waals surface area (Å²) in [5.74, 6) is -1.42. The molecule has 0 atom stereocenters. The zero-order valence-corrected chi connectivity index (χ0v) is 15.3. The van der Waals surface area contributed by atoms with E-state index in [1.807, 2.05) is 0 Å². The number of carbonyl (C=O) groups is 2. The Bertz CT molecular complexity index is 1290. The number of carboxylic acids is 2. The van der Waals surface area contributed by atoms with E-state index in [0.29, 0.717) is 16.5 Å². The second kappa shape index (κ2) is 7.24. The molecule has 2 aromatic heterocycles. The number of aromatic nitrogens is 2. The Morgan fingerprint density at radius 2 is 1.73 bits per heavy atom. The number of rotatable bonds is 3. The van der Waals surface area contributed by atoms with Crippen LogP contribution >= 0.6 is 0 Å². The van der Waals surface area contributed by atoms with Crippen molar-refractivity contribution >= 4 is 33.7 Å². The Balaban J connectivity index is 0.000000147. The average Bonchev–Trinajstić information content (AvgIpc) is 3.27. The highest BCUT2D eigenvalue weighted by molar-refractivity contribution is 6.04. The third-order valence-corrected chi connectivity index (χ3v) is 4.56. The fourth-order valence-electron chi connectivity index (χ4n) is 3.28. The molecule has 0 unspecified atom stereocenters. The second-order valence-electron chi connectivity index (χ2n) is 6.49. The number of phenols is 2. The minimum Gasteiger partial charge on any atom is -0.508 e. The number of aliphatic carboxylic acids is 1. The van der Waals surface area contributed by atoms with Gasteiger partial charge >= 0.3 is 11.9 Å². The lowest BCUT2D eigenvalue weighted by atomic mass is 10.1. The number of aromatic amines is 2. The summed E-state index contributed by atoms with van der Waals surface area (Å²) in [6.07, 6.45) is 1.61. The Kier molecular flexibility index (Phi) is 4.59. The molecule has 0 fully saturated rings. The number of phenolic OH excluding ortho intramolecular Hbond substituents is 2. The standard InChI is InChI=1S/C10H7NO5.C10H9NO3/c12-5-2-1-4-6-8(5)15-3-16-9(6)7(11-4)10(13)14;12-7-1-2-9-8(4-7)6(5-11-9)3-10(13)14/h1-2,11-12H,3H2,(H,13,14);1-2,4-5,11-12H,3H2,(H,13,14). The van der Waals surface area contributed by atoms with Crippen molar-refractivity contribution in [1.82, 2.24) is 9.97 Å². The van der Waals surface area contributed by atoms with E-state index in [9.17, 15) is 19.8 Å². The minimum absolute atomic E-state index is 0.0343. The molecular weight excluding hydrogens is 396 g/mol. The molecule has 0 aliphatic carbocycles. The Morgan fingerprint density at radius 3 is 2.47 bits per heavy atom. The van der Waals surface area contributed by atoms with E-state index in [2.05, 4.69) is 9.97 Å². The van der Waals surface area contributed by atoms with Crippen LogP contribution in [0.5, 0.6) is 23.0 Å². The van der Waals surface area contributed by atoms with Crippen LogP contribution in [0.15, 0.2) is 36.5 Å². The van der Waals surface area contributed by atoms with Crippen LogP contribution in [0.4, 0.5) is 0 Å². The van der Waals surface area contributed by atoms with Gasteiger partial charge in [0.25, 0.3) is 0 Å². The molecule has 6 N–H and O–H groups in total. The maximum absolute atomic E-state index is 11.0. The van der Waals surface area contributed by atoms with E-state index in [1.54, 1.807) is 30.5 Å². The molecule has 4 aromatic rings. The van der Waals surface area contributed by atoms with Crippen molar-refractivity contribution in [3.8, 4) is 23.0 Å². The van der Waals surface area contributed by atoms with Gasteiger partial charge in [0.05, 0.1) is 17.3 Å². The Labute approximate surface area is 167 Å². The van der Waals surface area contributed by atoms with Crippen LogP contribution < -0.4 is 9.47 Å². The SMILES string of the molecule is O=C(O)Cc1c[nH]c2ccc(O)cc12.O=C(O)c1[nH]c2ccc(O)c3c2c1OCO3. The third-order valence-electron chi connectivity index (χ3n) is 4.56. The first kappa shape index (κ1) is 19.0. The van der Waals surface area contributed by atoms with Gasteiger partial charge in [-0.3, -0.25) is 4.79 Å². The van der Waals surface area contributed by atoms with Gasteiger partial charge in [-0.05, 0) is 35.9 Å². The number of benzene rings is 2. The number of aromatic carboxylic acids is 1. The van der Waals surface area contributed by atoms with Crippen molar-refractivity contribution in [3.05, 3.63) is 47.8 Å². The van der Waals surface area contributed by atoms with Gasteiger partial charge in [0.2, 0.25) is 6.79 Å². The first-order valence-corrected chi connectivity index (χ1v) is 8.72. The van der Waals surface area contributed by atoms with E-state index in [4.69, 9.17) is 19.7 Å². The fraction of sp³-hybridized carbons (Fsp3) is 0.100. The lowest BCUT2D eigenvalue weighted by Gasteiger charge is -2.16. The van der Waals surface area contributed by atoms with Crippen LogP contribution in [-0.2, 0) is 11.2 Å². The van der Waals surface area contributed by atoms with Crippen LogP contribution in [-0.4, -0.2) is 49.1 Å². The van der Waals surface area contributed by atoms with Crippen LogP contribution in [0, 0.1) is 0 Å². The zero-order chi connectivity index (χ0) is 21.4. The largest absolute Gasteiger partial charge is 0.508 e. The van der Waals surface area contributed by atoms with Gasteiger partial charge in [-0.15, -0.1) is 0 Å². The van der Waals surface area contributed by atoms with Crippen molar-refractivity contribution in [2.45, 2.75) is 6.42 Å². The number of carboxylic acid groups (broad SMARTS) is 2.